The SMILES string of the molecule is CCCC=C(CCC)[PH]([Zr][Cl])(C(C)C)C(C)C. The van der Waals surface area contributed by atoms with Crippen molar-refractivity contribution >= 4 is 13.1 Å². The van der Waals surface area contributed by atoms with E-state index in [9.17, 15) is 0 Å². The average Bonchev–Trinajstić information content (AvgIpc) is 2.26. The van der Waals surface area contributed by atoms with Gasteiger partial charge in [-0.05, 0) is 0 Å². The van der Waals surface area contributed by atoms with Gasteiger partial charge in [0, 0.05) is 0 Å². The van der Waals surface area contributed by atoms with Crippen molar-refractivity contribution in [2.45, 2.75) is 78.5 Å². The maximum absolute atomic E-state index is 6.61. The van der Waals surface area contributed by atoms with Crippen LogP contribution in [0, 0.1) is 0 Å². The van der Waals surface area contributed by atoms with Crippen molar-refractivity contribution in [2.75, 3.05) is 0 Å². The number of allylic oxidation sites excluding steroid dienone is 2. The molecule has 0 radical (unpaired) electrons. The van der Waals surface area contributed by atoms with Gasteiger partial charge in [-0.2, -0.15) is 0 Å². The van der Waals surface area contributed by atoms with Crippen molar-refractivity contribution in [2.24, 2.45) is 0 Å². The molecule has 0 fully saturated rings. The van der Waals surface area contributed by atoms with Gasteiger partial charge in [-0.15, -0.1) is 0 Å². The van der Waals surface area contributed by atoms with Gasteiger partial charge in [-0.3, -0.25) is 0 Å². The standard InChI is InChI=1S/C14H29P.ClH.Zr/c1-7-9-11-14(10-8-2)15(12(3)4)13(5)6;;/h11-13H,7-10H2,1-6H3;1H;. The first kappa shape index (κ1) is 18.3. The van der Waals surface area contributed by atoms with Crippen molar-refractivity contribution in [1.29, 1.82) is 0 Å². The summed E-state index contributed by atoms with van der Waals surface area (Å²) in [5.41, 5.74) is 1.64. The Morgan fingerprint density at radius 1 is 1.12 bits per heavy atom. The zero-order valence-electron chi connectivity index (χ0n) is 12.4. The molecule has 0 amide bonds. The molecule has 0 aromatic carbocycles. The van der Waals surface area contributed by atoms with E-state index in [0.717, 1.165) is 11.3 Å². The van der Waals surface area contributed by atoms with Crippen LogP contribution in [-0.4, -0.2) is 11.3 Å². The molecule has 0 aliphatic carbocycles. The van der Waals surface area contributed by atoms with E-state index < -0.39 is 26.0 Å². The molecule has 0 nitrogen and oxygen atoms in total. The van der Waals surface area contributed by atoms with Crippen LogP contribution in [0.2, 0.25) is 0 Å². The van der Waals surface area contributed by atoms with Crippen LogP contribution in [0.5, 0.6) is 0 Å². The molecule has 0 rings (SSSR count). The maximum atomic E-state index is 6.61. The van der Waals surface area contributed by atoms with E-state index >= 15 is 0 Å². The van der Waals surface area contributed by atoms with E-state index in [-0.39, 0.29) is 0 Å². The summed E-state index contributed by atoms with van der Waals surface area (Å²) in [4.78, 5) is 0. The van der Waals surface area contributed by atoms with Crippen molar-refractivity contribution in [3.63, 3.8) is 0 Å². The van der Waals surface area contributed by atoms with Crippen LogP contribution in [0.25, 0.3) is 0 Å². The molecule has 0 aliphatic heterocycles. The molecule has 0 unspecified atom stereocenters. The Kier molecular flexibility index (Phi) is 10.0. The zero-order chi connectivity index (χ0) is 13.5. The first-order valence-corrected chi connectivity index (χ1v) is 16.0. The van der Waals surface area contributed by atoms with Crippen LogP contribution in [-0.2, 0) is 21.5 Å². The Morgan fingerprint density at radius 3 is 1.94 bits per heavy atom. The normalized spacial score (nSPS) is 14.5. The van der Waals surface area contributed by atoms with Crippen molar-refractivity contribution < 1.29 is 21.5 Å². The Morgan fingerprint density at radius 2 is 1.65 bits per heavy atom. The monoisotopic (exact) mass is 354 g/mol. The predicted molar refractivity (Wildman–Crippen MR) is 82.3 cm³/mol. The quantitative estimate of drug-likeness (QED) is 0.455. The molecular weight excluding hydrogens is 326 g/mol. The second-order valence-corrected chi connectivity index (χ2v) is 21.3. The number of hydrogen-bond donors (Lipinski definition) is 0. The Balaban J connectivity index is 5.34. The molecule has 0 saturated heterocycles. The van der Waals surface area contributed by atoms with Crippen molar-refractivity contribution in [1.82, 2.24) is 0 Å². The first-order chi connectivity index (χ1) is 7.97. The predicted octanol–water partition coefficient (Wildman–Crippen LogP) is 6.19. The summed E-state index contributed by atoms with van der Waals surface area (Å²) in [6, 6.07) is 0. The van der Waals surface area contributed by atoms with Crippen LogP contribution in [0.1, 0.15) is 67.2 Å². The molecule has 17 heavy (non-hydrogen) atoms. The molecule has 102 valence electrons. The molecule has 0 aromatic rings. The fourth-order valence-electron chi connectivity index (χ4n) is 2.75. The van der Waals surface area contributed by atoms with Crippen molar-refractivity contribution in [3.8, 4) is 0 Å². The summed E-state index contributed by atoms with van der Waals surface area (Å²) in [6.07, 6.45) is 7.66. The topological polar surface area (TPSA) is 0 Å². The van der Waals surface area contributed by atoms with E-state index in [2.05, 4.69) is 47.6 Å². The first-order valence-electron chi connectivity index (χ1n) is 7.04. The van der Waals surface area contributed by atoms with Gasteiger partial charge >= 0.3 is 124 Å². The van der Waals surface area contributed by atoms with Crippen LogP contribution in [0.3, 0.4) is 0 Å². The molecule has 0 atom stereocenters. The third-order valence-electron chi connectivity index (χ3n) is 3.71. The van der Waals surface area contributed by atoms with Gasteiger partial charge in [0.15, 0.2) is 0 Å². The summed E-state index contributed by atoms with van der Waals surface area (Å²) in [7, 11) is 6.61. The number of unbranched alkanes of at least 4 members (excludes halogenated alkanes) is 1. The molecule has 0 bridgehead atoms. The van der Waals surface area contributed by atoms with Gasteiger partial charge < -0.3 is 0 Å². The van der Waals surface area contributed by atoms with Gasteiger partial charge in [0.05, 0.1) is 0 Å². The molecule has 0 N–H and O–H groups in total. The van der Waals surface area contributed by atoms with E-state index in [1.165, 1.54) is 25.7 Å². The summed E-state index contributed by atoms with van der Waals surface area (Å²) in [5, 5.41) is 1.81. The molecule has 3 heteroatoms. The molecule has 0 aliphatic rings. The van der Waals surface area contributed by atoms with Crippen LogP contribution in [0.4, 0.5) is 0 Å². The number of rotatable bonds is 8. The van der Waals surface area contributed by atoms with Gasteiger partial charge in [0.2, 0.25) is 0 Å². The van der Waals surface area contributed by atoms with E-state index in [0.29, 0.717) is 0 Å². The number of halogens is 1. The second-order valence-electron chi connectivity index (χ2n) is 5.54. The summed E-state index contributed by atoms with van der Waals surface area (Å²) < 4.78 is -1.32. The Labute approximate surface area is 124 Å². The van der Waals surface area contributed by atoms with E-state index in [1.807, 2.05) is 5.31 Å². The Bertz CT molecular complexity index is 228. The second kappa shape index (κ2) is 9.28. The van der Waals surface area contributed by atoms with Gasteiger partial charge in [-0.1, -0.05) is 0 Å². The third-order valence-corrected chi connectivity index (χ3v) is 27.9. The van der Waals surface area contributed by atoms with E-state index in [1.54, 1.807) is 0 Å². The molecule has 0 spiro atoms. The summed E-state index contributed by atoms with van der Waals surface area (Å²) in [5.74, 6) is 0. The molecule has 0 aromatic heterocycles. The minimum absolute atomic E-state index is 0.721. The van der Waals surface area contributed by atoms with Crippen LogP contribution < -0.4 is 0 Å². The minimum atomic E-state index is -1.32. The van der Waals surface area contributed by atoms with Crippen molar-refractivity contribution in [3.05, 3.63) is 11.4 Å². The molecule has 0 heterocycles. The van der Waals surface area contributed by atoms with Gasteiger partial charge in [-0.25, -0.2) is 0 Å². The van der Waals surface area contributed by atoms with Gasteiger partial charge in [0.25, 0.3) is 0 Å². The van der Waals surface area contributed by atoms with E-state index in [4.69, 9.17) is 8.51 Å². The fraction of sp³-hybridized carbons (Fsp3) is 0.857. The average molecular weight is 356 g/mol. The molecular formula is C14H30ClPZr. The number of hydrogen-bond acceptors (Lipinski definition) is 0. The molecule has 0 saturated carbocycles. The summed E-state index contributed by atoms with van der Waals surface area (Å²) >= 11 is -0.721. The van der Waals surface area contributed by atoms with Crippen LogP contribution >= 0.6 is 13.1 Å². The van der Waals surface area contributed by atoms with Gasteiger partial charge in [0.1, 0.15) is 0 Å². The Hall–Kier alpha value is 1.34. The third kappa shape index (κ3) is 4.74. The summed E-state index contributed by atoms with van der Waals surface area (Å²) in [6.45, 7) is 14.3. The fourth-order valence-corrected chi connectivity index (χ4v) is 23.0. The zero-order valence-corrected chi connectivity index (χ0v) is 16.7. The van der Waals surface area contributed by atoms with Crippen LogP contribution in [0.15, 0.2) is 11.4 Å².